The zero-order chi connectivity index (χ0) is 18.7. The van der Waals surface area contributed by atoms with E-state index in [1.807, 2.05) is 37.7 Å². The van der Waals surface area contributed by atoms with E-state index in [1.165, 1.54) is 12.0 Å². The van der Waals surface area contributed by atoms with Gasteiger partial charge in [0.1, 0.15) is 6.54 Å². The van der Waals surface area contributed by atoms with Gasteiger partial charge in [0.2, 0.25) is 0 Å². The Kier molecular flexibility index (Phi) is 5.88. The topological polar surface area (TPSA) is 71.9 Å². The van der Waals surface area contributed by atoms with Gasteiger partial charge in [0, 0.05) is 11.5 Å². The molecule has 26 heavy (non-hydrogen) atoms. The molecule has 2 aliphatic heterocycles. The van der Waals surface area contributed by atoms with Crippen molar-refractivity contribution in [1.82, 2.24) is 10.6 Å². The lowest BCUT2D eigenvalue weighted by atomic mass is 9.91. The molecule has 3 N–H and O–H groups in total. The van der Waals surface area contributed by atoms with Crippen LogP contribution in [0.5, 0.6) is 0 Å². The number of thioether (sulfide) groups is 1. The van der Waals surface area contributed by atoms with Gasteiger partial charge in [-0.2, -0.15) is 11.8 Å². The summed E-state index contributed by atoms with van der Waals surface area (Å²) in [6.07, 6.45) is 0. The average molecular weight is 377 g/mol. The summed E-state index contributed by atoms with van der Waals surface area (Å²) in [6.45, 7) is 6.70. The maximum absolute atomic E-state index is 12.6. The Bertz CT molecular complexity index is 742. The monoisotopic (exact) mass is 376 g/mol. The minimum Gasteiger partial charge on any atom is -0.466 e. The molecule has 1 fully saturated rings. The van der Waals surface area contributed by atoms with Gasteiger partial charge < -0.3 is 20.3 Å². The number of aryl methyl sites for hydroxylation is 2. The molecule has 0 aliphatic carbocycles. The van der Waals surface area contributed by atoms with E-state index in [9.17, 15) is 9.59 Å². The second-order valence-electron chi connectivity index (χ2n) is 6.81. The van der Waals surface area contributed by atoms with Gasteiger partial charge in [0.25, 0.3) is 0 Å². The molecule has 2 amide bonds. The number of carbonyl (C=O) groups excluding carboxylic acids is 2. The summed E-state index contributed by atoms with van der Waals surface area (Å²) in [5.74, 6) is 1.80. The van der Waals surface area contributed by atoms with Gasteiger partial charge in [-0.25, -0.2) is 9.59 Å². The number of nitrogens with one attached hydrogen (secondary N) is 3. The number of amides is 2. The maximum Gasteiger partial charge on any atom is 0.338 e. The number of methoxy groups -OCH3 is 1. The molecule has 6 nitrogen and oxygen atoms in total. The molecule has 0 aromatic heterocycles. The third-order valence-electron chi connectivity index (χ3n) is 4.92. The van der Waals surface area contributed by atoms with Crippen molar-refractivity contribution >= 4 is 23.8 Å². The summed E-state index contributed by atoms with van der Waals surface area (Å²) in [4.78, 5) is 26.3. The van der Waals surface area contributed by atoms with E-state index in [2.05, 4.69) is 16.7 Å². The Morgan fingerprint density at radius 3 is 2.69 bits per heavy atom. The molecule has 0 spiro atoms. The van der Waals surface area contributed by atoms with Crippen LogP contribution in [0.25, 0.3) is 0 Å². The molecule has 2 heterocycles. The lowest BCUT2D eigenvalue weighted by Gasteiger charge is -2.32. The molecular formula is C19H26N3O3S+. The first kappa shape index (κ1) is 18.8. The molecule has 1 aromatic rings. The van der Waals surface area contributed by atoms with Crippen molar-refractivity contribution in [3.8, 4) is 0 Å². The summed E-state index contributed by atoms with van der Waals surface area (Å²) in [5.41, 5.74) is 4.29. The normalized spacial score (nSPS) is 21.2. The minimum atomic E-state index is -0.495. The van der Waals surface area contributed by atoms with Gasteiger partial charge in [-0.05, 0) is 25.0 Å². The molecular weight excluding hydrogens is 350 g/mol. The van der Waals surface area contributed by atoms with Crippen molar-refractivity contribution in [3.05, 3.63) is 46.2 Å². The molecule has 0 bridgehead atoms. The smallest absolute Gasteiger partial charge is 0.338 e. The Hall–Kier alpha value is -1.99. The zero-order valence-electron chi connectivity index (χ0n) is 15.5. The highest BCUT2D eigenvalue weighted by molar-refractivity contribution is 7.99. The number of carbonyl (C=O) groups is 2. The first-order valence-electron chi connectivity index (χ1n) is 8.87. The van der Waals surface area contributed by atoms with E-state index >= 15 is 0 Å². The van der Waals surface area contributed by atoms with Crippen molar-refractivity contribution in [2.45, 2.75) is 19.9 Å². The average Bonchev–Trinajstić information content (AvgIpc) is 2.61. The quantitative estimate of drug-likeness (QED) is 0.677. The lowest BCUT2D eigenvalue weighted by molar-refractivity contribution is -0.891. The maximum atomic E-state index is 12.6. The fourth-order valence-corrected chi connectivity index (χ4v) is 4.65. The highest BCUT2D eigenvalue weighted by Gasteiger charge is 2.35. The molecule has 3 rings (SSSR count). The standard InChI is InChI=1S/C19H25N3O3S/c1-12-4-5-14(13(2)10-12)17-16(18(23)25-3)15(20-19(24)21-17)11-22-6-8-26-9-7-22/h4-5,10,17H,6-9,11H2,1-3H3,(H2,20,21,24)/p+1/t17-/m0/s1. The van der Waals surface area contributed by atoms with E-state index in [0.717, 1.165) is 41.3 Å². The van der Waals surface area contributed by atoms with Crippen molar-refractivity contribution in [3.63, 3.8) is 0 Å². The molecule has 2 aliphatic rings. The second kappa shape index (κ2) is 8.14. The molecule has 1 aromatic carbocycles. The summed E-state index contributed by atoms with van der Waals surface area (Å²) in [6, 6.07) is 5.27. The zero-order valence-corrected chi connectivity index (χ0v) is 16.3. The first-order chi connectivity index (χ1) is 12.5. The van der Waals surface area contributed by atoms with Crippen molar-refractivity contribution in [2.75, 3.05) is 38.2 Å². The fourth-order valence-electron chi connectivity index (χ4n) is 3.58. The van der Waals surface area contributed by atoms with Crippen LogP contribution in [0.4, 0.5) is 4.79 Å². The third-order valence-corrected chi connectivity index (χ3v) is 5.91. The van der Waals surface area contributed by atoms with Crippen molar-refractivity contribution in [2.24, 2.45) is 0 Å². The predicted molar refractivity (Wildman–Crippen MR) is 102 cm³/mol. The van der Waals surface area contributed by atoms with E-state index in [-0.39, 0.29) is 6.03 Å². The highest BCUT2D eigenvalue weighted by atomic mass is 32.2. The SMILES string of the molecule is COC(=O)C1=C(C[NH+]2CCSCC2)NC(=O)N[C@H]1c1ccc(C)cc1C. The Balaban J connectivity index is 2.01. The molecule has 0 saturated carbocycles. The predicted octanol–water partition coefficient (Wildman–Crippen LogP) is 0.716. The van der Waals surface area contributed by atoms with Gasteiger partial charge in [-0.15, -0.1) is 0 Å². The van der Waals surface area contributed by atoms with Gasteiger partial charge >= 0.3 is 12.0 Å². The highest BCUT2D eigenvalue weighted by Crippen LogP contribution is 2.29. The number of quaternary nitrogens is 1. The van der Waals surface area contributed by atoms with Crippen LogP contribution >= 0.6 is 11.8 Å². The summed E-state index contributed by atoms with van der Waals surface area (Å²) in [5, 5.41) is 5.76. The molecule has 7 heteroatoms. The van der Waals surface area contributed by atoms with Crippen LogP contribution in [0.3, 0.4) is 0 Å². The van der Waals surface area contributed by atoms with E-state index in [4.69, 9.17) is 4.74 Å². The van der Waals surface area contributed by atoms with Crippen molar-refractivity contribution < 1.29 is 19.2 Å². The van der Waals surface area contributed by atoms with Crippen LogP contribution in [0.2, 0.25) is 0 Å². The number of hydrogen-bond acceptors (Lipinski definition) is 4. The van der Waals surface area contributed by atoms with Gasteiger partial charge in [0.05, 0.1) is 37.5 Å². The Morgan fingerprint density at radius 1 is 1.31 bits per heavy atom. The van der Waals surface area contributed by atoms with Crippen LogP contribution in [-0.4, -0.2) is 50.3 Å². The summed E-state index contributed by atoms with van der Waals surface area (Å²) < 4.78 is 5.06. The Morgan fingerprint density at radius 2 is 2.04 bits per heavy atom. The molecule has 0 radical (unpaired) electrons. The Labute approximate surface area is 158 Å². The third kappa shape index (κ3) is 4.04. The van der Waals surface area contributed by atoms with E-state index in [1.54, 1.807) is 0 Å². The largest absolute Gasteiger partial charge is 0.466 e. The molecule has 1 atom stereocenters. The molecule has 1 saturated heterocycles. The molecule has 0 unspecified atom stereocenters. The second-order valence-corrected chi connectivity index (χ2v) is 8.04. The number of benzene rings is 1. The van der Waals surface area contributed by atoms with Gasteiger partial charge in [-0.3, -0.25) is 0 Å². The number of hydrogen-bond donors (Lipinski definition) is 3. The van der Waals surface area contributed by atoms with E-state index < -0.39 is 12.0 Å². The number of urea groups is 1. The van der Waals surface area contributed by atoms with Crippen LogP contribution in [0, 0.1) is 13.8 Å². The van der Waals surface area contributed by atoms with Gasteiger partial charge in [0.15, 0.2) is 0 Å². The van der Waals surface area contributed by atoms with Crippen LogP contribution in [0.15, 0.2) is 29.5 Å². The fraction of sp³-hybridized carbons (Fsp3) is 0.474. The summed E-state index contributed by atoms with van der Waals surface area (Å²) in [7, 11) is 1.38. The van der Waals surface area contributed by atoms with Crippen LogP contribution in [-0.2, 0) is 9.53 Å². The van der Waals surface area contributed by atoms with E-state index in [0.29, 0.717) is 17.8 Å². The first-order valence-corrected chi connectivity index (χ1v) is 10.0. The van der Waals surface area contributed by atoms with Crippen molar-refractivity contribution in [1.29, 1.82) is 0 Å². The van der Waals surface area contributed by atoms with Crippen LogP contribution < -0.4 is 15.5 Å². The number of esters is 1. The number of ether oxygens (including phenoxy) is 1. The minimum absolute atomic E-state index is 0.275. The number of rotatable bonds is 4. The molecule has 140 valence electrons. The van der Waals surface area contributed by atoms with Crippen LogP contribution in [0.1, 0.15) is 22.7 Å². The lowest BCUT2D eigenvalue weighted by Crippen LogP contribution is -3.14. The summed E-state index contributed by atoms with van der Waals surface area (Å²) >= 11 is 1.95. The van der Waals surface area contributed by atoms with Gasteiger partial charge in [-0.1, -0.05) is 23.8 Å².